The molecule has 0 atom stereocenters. The van der Waals surface area contributed by atoms with Crippen LogP contribution < -0.4 is 10.1 Å². The molecule has 0 aliphatic heterocycles. The molecule has 0 saturated carbocycles. The van der Waals surface area contributed by atoms with Gasteiger partial charge in [0.1, 0.15) is 11.6 Å². The van der Waals surface area contributed by atoms with Gasteiger partial charge in [0.05, 0.1) is 29.1 Å². The molecule has 0 aliphatic carbocycles. The highest BCUT2D eigenvalue weighted by molar-refractivity contribution is 6.36. The van der Waals surface area contributed by atoms with Crippen molar-refractivity contribution in [2.24, 2.45) is 0 Å². The second kappa shape index (κ2) is 14.7. The van der Waals surface area contributed by atoms with E-state index in [9.17, 15) is 27.9 Å². The molecule has 0 spiro atoms. The normalized spacial score (nSPS) is 11.5. The summed E-state index contributed by atoms with van der Waals surface area (Å²) in [6.07, 6.45) is -0.279. The van der Waals surface area contributed by atoms with Crippen molar-refractivity contribution in [2.75, 3.05) is 19.0 Å². The number of hydrogen-bond acceptors (Lipinski definition) is 5. The van der Waals surface area contributed by atoms with E-state index in [2.05, 4.69) is 10.1 Å². The van der Waals surface area contributed by atoms with Crippen LogP contribution in [0.15, 0.2) is 91.1 Å². The van der Waals surface area contributed by atoms with Gasteiger partial charge >= 0.3 is 18.2 Å². The zero-order valence-electron chi connectivity index (χ0n) is 25.1. The third-order valence-corrected chi connectivity index (χ3v) is 7.59. The molecule has 5 rings (SSSR count). The highest BCUT2D eigenvalue weighted by Crippen LogP contribution is 2.33. The minimum Gasteiger partial charge on any atom is -0.495 e. The zero-order valence-corrected chi connectivity index (χ0v) is 26.6. The number of rotatable bonds is 10. The standard InChI is InChI=1S/C35H26Cl2F3N3O5/c1-47-31-16-25(11-14-29(31)42-34(46)48-20-35(38,39)40)23-7-2-21(3-8-23)6-15-32-41-30(27-13-12-26(36)17-28(27)37)19-43(32)18-22-4-9-24(10-5-22)33(44)45/h2-17,19H,18,20H2,1H3,(H,42,46)(H,44,45)/b15-6+. The van der Waals surface area contributed by atoms with Crippen molar-refractivity contribution in [3.8, 4) is 28.1 Å². The van der Waals surface area contributed by atoms with Crippen LogP contribution in [0.1, 0.15) is 27.3 Å². The number of carboxylic acid groups (broad SMARTS) is 1. The first-order valence-electron chi connectivity index (χ1n) is 14.2. The first-order valence-corrected chi connectivity index (χ1v) is 15.0. The van der Waals surface area contributed by atoms with E-state index >= 15 is 0 Å². The molecule has 8 nitrogen and oxygen atoms in total. The molecule has 0 aliphatic rings. The molecule has 0 radical (unpaired) electrons. The SMILES string of the molecule is COc1cc(-c2ccc(/C=C/c3nc(-c4ccc(Cl)cc4Cl)cn3Cc3ccc(C(=O)O)cc3)cc2)ccc1NC(=O)OCC(F)(F)F. The fraction of sp³-hybridized carbons (Fsp3) is 0.114. The van der Waals surface area contributed by atoms with Gasteiger partial charge in [0.15, 0.2) is 6.61 Å². The zero-order chi connectivity index (χ0) is 34.4. The smallest absolute Gasteiger partial charge is 0.422 e. The van der Waals surface area contributed by atoms with Gasteiger partial charge in [-0.15, -0.1) is 0 Å². The van der Waals surface area contributed by atoms with Crippen molar-refractivity contribution < 1.29 is 37.3 Å². The van der Waals surface area contributed by atoms with Crippen LogP contribution in [0.25, 0.3) is 34.5 Å². The maximum Gasteiger partial charge on any atom is 0.422 e. The van der Waals surface area contributed by atoms with Crippen molar-refractivity contribution in [1.82, 2.24) is 9.55 Å². The number of ether oxygens (including phenoxy) is 2. The van der Waals surface area contributed by atoms with Gasteiger partial charge in [-0.25, -0.2) is 14.6 Å². The number of aromatic nitrogens is 2. The number of halogens is 5. The molecule has 5 aromatic rings. The molecule has 13 heteroatoms. The number of carboxylic acids is 1. The number of benzene rings is 4. The predicted molar refractivity (Wildman–Crippen MR) is 179 cm³/mol. The molecular formula is C35H26Cl2F3N3O5. The highest BCUT2D eigenvalue weighted by atomic mass is 35.5. The Balaban J connectivity index is 1.36. The second-order valence-corrected chi connectivity index (χ2v) is 11.3. The monoisotopic (exact) mass is 695 g/mol. The summed E-state index contributed by atoms with van der Waals surface area (Å²) in [5.74, 6) is -0.137. The summed E-state index contributed by atoms with van der Waals surface area (Å²) in [4.78, 5) is 27.9. The van der Waals surface area contributed by atoms with E-state index < -0.39 is 24.8 Å². The summed E-state index contributed by atoms with van der Waals surface area (Å²) in [7, 11) is 1.38. The number of carbonyl (C=O) groups is 2. The molecule has 4 aromatic carbocycles. The van der Waals surface area contributed by atoms with Gasteiger partial charge in [0.25, 0.3) is 0 Å². The maximum absolute atomic E-state index is 12.4. The van der Waals surface area contributed by atoms with Gasteiger partial charge in [-0.2, -0.15) is 13.2 Å². The van der Waals surface area contributed by atoms with Gasteiger partial charge < -0.3 is 19.1 Å². The summed E-state index contributed by atoms with van der Waals surface area (Å²) in [5, 5.41) is 12.5. The van der Waals surface area contributed by atoms with Crippen LogP contribution in [0.4, 0.5) is 23.7 Å². The summed E-state index contributed by atoms with van der Waals surface area (Å²) in [5.41, 5.74) is 4.98. The average molecular weight is 697 g/mol. The Morgan fingerprint density at radius 2 is 1.65 bits per heavy atom. The van der Waals surface area contributed by atoms with E-state index in [1.165, 1.54) is 13.2 Å². The van der Waals surface area contributed by atoms with Gasteiger partial charge in [-0.1, -0.05) is 71.7 Å². The number of nitrogens with zero attached hydrogens (tertiary/aromatic N) is 2. The van der Waals surface area contributed by atoms with Crippen LogP contribution in [0, 0.1) is 0 Å². The Morgan fingerprint density at radius 1 is 0.938 bits per heavy atom. The molecule has 0 saturated heterocycles. The first-order chi connectivity index (χ1) is 22.9. The van der Waals surface area contributed by atoms with E-state index in [1.807, 2.05) is 47.2 Å². The molecule has 0 bridgehead atoms. The van der Waals surface area contributed by atoms with Gasteiger partial charge in [0, 0.05) is 23.3 Å². The molecule has 48 heavy (non-hydrogen) atoms. The summed E-state index contributed by atoms with van der Waals surface area (Å²) >= 11 is 12.6. The molecular weight excluding hydrogens is 670 g/mol. The van der Waals surface area contributed by atoms with Crippen molar-refractivity contribution >= 4 is 53.1 Å². The van der Waals surface area contributed by atoms with Gasteiger partial charge in [-0.3, -0.25) is 5.32 Å². The summed E-state index contributed by atoms with van der Waals surface area (Å²) < 4.78 is 48.5. The summed E-state index contributed by atoms with van der Waals surface area (Å²) in [6, 6.07) is 24.2. The quantitative estimate of drug-likeness (QED) is 0.151. The molecule has 1 heterocycles. The van der Waals surface area contributed by atoms with E-state index in [-0.39, 0.29) is 17.0 Å². The number of imidazole rings is 1. The van der Waals surface area contributed by atoms with Crippen molar-refractivity contribution in [2.45, 2.75) is 12.7 Å². The topological polar surface area (TPSA) is 103 Å². The lowest BCUT2D eigenvalue weighted by atomic mass is 10.0. The lowest BCUT2D eigenvalue weighted by molar-refractivity contribution is -0.159. The van der Waals surface area contributed by atoms with Crippen LogP contribution in [-0.4, -0.2) is 46.6 Å². The van der Waals surface area contributed by atoms with Crippen LogP contribution in [0.2, 0.25) is 10.0 Å². The Bertz CT molecular complexity index is 1980. The Kier molecular flexibility index (Phi) is 10.4. The number of amides is 1. The Labute approximate surface area is 283 Å². The lowest BCUT2D eigenvalue weighted by Gasteiger charge is -2.13. The minimum atomic E-state index is -4.64. The molecule has 246 valence electrons. The van der Waals surface area contributed by atoms with Crippen LogP contribution >= 0.6 is 23.2 Å². The number of carbonyl (C=O) groups excluding carboxylic acids is 1. The van der Waals surface area contributed by atoms with E-state index in [1.54, 1.807) is 54.6 Å². The largest absolute Gasteiger partial charge is 0.495 e. The number of nitrogens with one attached hydrogen (secondary N) is 1. The van der Waals surface area contributed by atoms with Gasteiger partial charge in [-0.05, 0) is 70.8 Å². The van der Waals surface area contributed by atoms with Crippen molar-refractivity contribution in [3.63, 3.8) is 0 Å². The number of aromatic carboxylic acids is 1. The maximum atomic E-state index is 12.4. The average Bonchev–Trinajstić information content (AvgIpc) is 3.45. The fourth-order valence-corrected chi connectivity index (χ4v) is 5.20. The van der Waals surface area contributed by atoms with E-state index in [4.69, 9.17) is 32.9 Å². The molecule has 1 aromatic heterocycles. The number of alkyl halides is 3. The molecule has 2 N–H and O–H groups in total. The van der Waals surface area contributed by atoms with Crippen LogP contribution in [0.5, 0.6) is 5.75 Å². The third-order valence-electron chi connectivity index (χ3n) is 7.04. The third kappa shape index (κ3) is 8.75. The number of hydrogen-bond donors (Lipinski definition) is 2. The van der Waals surface area contributed by atoms with E-state index in [0.29, 0.717) is 33.7 Å². The number of methoxy groups -OCH3 is 1. The molecule has 0 unspecified atom stereocenters. The van der Waals surface area contributed by atoms with E-state index in [0.717, 1.165) is 22.3 Å². The number of anilines is 1. The highest BCUT2D eigenvalue weighted by Gasteiger charge is 2.29. The summed E-state index contributed by atoms with van der Waals surface area (Å²) in [6.45, 7) is -1.29. The molecule has 0 fully saturated rings. The second-order valence-electron chi connectivity index (χ2n) is 10.4. The van der Waals surface area contributed by atoms with Crippen molar-refractivity contribution in [3.05, 3.63) is 124 Å². The van der Waals surface area contributed by atoms with Crippen molar-refractivity contribution in [1.29, 1.82) is 0 Å². The minimum absolute atomic E-state index is 0.153. The Morgan fingerprint density at radius 3 is 2.29 bits per heavy atom. The van der Waals surface area contributed by atoms with Crippen LogP contribution in [0.3, 0.4) is 0 Å². The van der Waals surface area contributed by atoms with Gasteiger partial charge in [0.2, 0.25) is 0 Å². The predicted octanol–water partition coefficient (Wildman–Crippen LogP) is 9.56. The van der Waals surface area contributed by atoms with Crippen LogP contribution in [-0.2, 0) is 11.3 Å². The fourth-order valence-electron chi connectivity index (χ4n) is 4.69. The first kappa shape index (κ1) is 34.1. The molecule has 1 amide bonds. The lowest BCUT2D eigenvalue weighted by Crippen LogP contribution is -2.23. The Hall–Kier alpha value is -5.26.